The number of hydrogen-bond donors (Lipinski definition) is 1. The van der Waals surface area contributed by atoms with Gasteiger partial charge in [0.15, 0.2) is 0 Å². The number of carbonyl (C=O) groups is 2. The SMILES string of the molecule is Cc1nn(-c2ccc(F)cc2)c(C)c1/C=C/C(=O)N1CCCC(C(=O)Nc2ccccc2)C1. The van der Waals surface area contributed by atoms with Crippen molar-refractivity contribution < 1.29 is 14.0 Å². The number of benzene rings is 2. The number of likely N-dealkylation sites (tertiary alicyclic amines) is 1. The first-order valence-electron chi connectivity index (χ1n) is 11.1. The van der Waals surface area contributed by atoms with Crippen molar-refractivity contribution in [2.24, 2.45) is 5.92 Å². The van der Waals surface area contributed by atoms with Crippen LogP contribution in [0, 0.1) is 25.6 Å². The molecule has 6 nitrogen and oxygen atoms in total. The van der Waals surface area contributed by atoms with Gasteiger partial charge in [0.25, 0.3) is 0 Å². The van der Waals surface area contributed by atoms with Gasteiger partial charge in [0.1, 0.15) is 5.82 Å². The Kier molecular flexibility index (Phi) is 6.68. The van der Waals surface area contributed by atoms with Crippen LogP contribution >= 0.6 is 0 Å². The molecule has 0 saturated carbocycles. The summed E-state index contributed by atoms with van der Waals surface area (Å²) in [5.41, 5.74) is 4.01. The Morgan fingerprint density at radius 2 is 1.82 bits per heavy atom. The Morgan fingerprint density at radius 1 is 1.09 bits per heavy atom. The van der Waals surface area contributed by atoms with E-state index in [9.17, 15) is 14.0 Å². The van der Waals surface area contributed by atoms with E-state index in [2.05, 4.69) is 10.4 Å². The lowest BCUT2D eigenvalue weighted by Gasteiger charge is -2.31. The van der Waals surface area contributed by atoms with E-state index in [1.54, 1.807) is 33.9 Å². The average Bonchev–Trinajstić information content (AvgIpc) is 3.11. The van der Waals surface area contributed by atoms with Crippen LogP contribution in [0.4, 0.5) is 10.1 Å². The van der Waals surface area contributed by atoms with Gasteiger partial charge in [-0.3, -0.25) is 9.59 Å². The third kappa shape index (κ3) is 5.19. The second-order valence-corrected chi connectivity index (χ2v) is 8.28. The maximum atomic E-state index is 13.3. The minimum absolute atomic E-state index is 0.0602. The van der Waals surface area contributed by atoms with Crippen LogP contribution < -0.4 is 5.32 Å². The van der Waals surface area contributed by atoms with Crippen LogP contribution in [-0.2, 0) is 9.59 Å². The first kappa shape index (κ1) is 22.5. The number of rotatable bonds is 5. The van der Waals surface area contributed by atoms with E-state index in [1.165, 1.54) is 12.1 Å². The Labute approximate surface area is 192 Å². The number of aromatic nitrogens is 2. The molecule has 1 unspecified atom stereocenters. The molecule has 170 valence electrons. The molecule has 2 amide bonds. The van der Waals surface area contributed by atoms with Gasteiger partial charge in [0.05, 0.1) is 17.3 Å². The van der Waals surface area contributed by atoms with Crippen molar-refractivity contribution in [3.8, 4) is 5.69 Å². The molecule has 2 aromatic carbocycles. The van der Waals surface area contributed by atoms with Crippen molar-refractivity contribution >= 4 is 23.6 Å². The van der Waals surface area contributed by atoms with Gasteiger partial charge in [-0.15, -0.1) is 0 Å². The fourth-order valence-corrected chi connectivity index (χ4v) is 4.15. The highest BCUT2D eigenvalue weighted by molar-refractivity contribution is 5.95. The van der Waals surface area contributed by atoms with Crippen LogP contribution in [-0.4, -0.2) is 39.6 Å². The number of carbonyl (C=O) groups excluding carboxylic acids is 2. The summed E-state index contributed by atoms with van der Waals surface area (Å²) in [7, 11) is 0. The Hall–Kier alpha value is -3.74. The molecule has 7 heteroatoms. The van der Waals surface area contributed by atoms with Gasteiger partial charge >= 0.3 is 0 Å². The molecule has 33 heavy (non-hydrogen) atoms. The van der Waals surface area contributed by atoms with E-state index in [0.717, 1.165) is 41.2 Å². The molecule has 1 saturated heterocycles. The van der Waals surface area contributed by atoms with Crippen LogP contribution in [0.3, 0.4) is 0 Å². The van der Waals surface area contributed by atoms with Gasteiger partial charge in [0.2, 0.25) is 11.8 Å². The van der Waals surface area contributed by atoms with Crippen molar-refractivity contribution in [2.45, 2.75) is 26.7 Å². The summed E-state index contributed by atoms with van der Waals surface area (Å²) in [6.45, 7) is 4.82. The zero-order valence-corrected chi connectivity index (χ0v) is 18.8. The van der Waals surface area contributed by atoms with E-state index in [-0.39, 0.29) is 23.5 Å². The van der Waals surface area contributed by atoms with Crippen LogP contribution in [0.15, 0.2) is 60.7 Å². The summed E-state index contributed by atoms with van der Waals surface area (Å²) in [4.78, 5) is 27.3. The van der Waals surface area contributed by atoms with Gasteiger partial charge in [-0.2, -0.15) is 5.10 Å². The number of nitrogens with zero attached hydrogens (tertiary/aromatic N) is 3. The largest absolute Gasteiger partial charge is 0.338 e. The van der Waals surface area contributed by atoms with Crippen LogP contribution in [0.1, 0.15) is 29.8 Å². The number of amides is 2. The number of nitrogens with one attached hydrogen (secondary N) is 1. The zero-order chi connectivity index (χ0) is 23.4. The minimum atomic E-state index is -0.303. The maximum absolute atomic E-state index is 13.3. The standard InChI is InChI=1S/C26H27FN4O2/c1-18-24(19(2)31(29-18)23-12-10-21(27)11-13-23)14-15-25(32)30-16-6-7-20(17-30)26(33)28-22-8-4-3-5-9-22/h3-5,8-15,20H,6-7,16-17H2,1-2H3,(H,28,33)/b15-14+. The molecule has 2 heterocycles. The van der Waals surface area contributed by atoms with Crippen molar-refractivity contribution in [3.63, 3.8) is 0 Å². The van der Waals surface area contributed by atoms with Gasteiger partial charge in [-0.1, -0.05) is 18.2 Å². The molecule has 0 radical (unpaired) electrons. The highest BCUT2D eigenvalue weighted by atomic mass is 19.1. The monoisotopic (exact) mass is 446 g/mol. The number of anilines is 1. The summed E-state index contributed by atoms with van der Waals surface area (Å²) < 4.78 is 15.0. The second kappa shape index (κ2) is 9.81. The third-order valence-corrected chi connectivity index (χ3v) is 5.96. The zero-order valence-electron chi connectivity index (χ0n) is 18.8. The fraction of sp³-hybridized carbons (Fsp3) is 0.269. The first-order valence-corrected chi connectivity index (χ1v) is 11.1. The van der Waals surface area contributed by atoms with Crippen molar-refractivity contribution in [1.82, 2.24) is 14.7 Å². The predicted molar refractivity (Wildman–Crippen MR) is 126 cm³/mol. The van der Waals surface area contributed by atoms with E-state index in [4.69, 9.17) is 0 Å². The van der Waals surface area contributed by atoms with Gasteiger partial charge in [-0.05, 0) is 69.2 Å². The fourth-order valence-electron chi connectivity index (χ4n) is 4.15. The molecular formula is C26H27FN4O2. The number of halogens is 1. The van der Waals surface area contributed by atoms with Gasteiger partial charge in [-0.25, -0.2) is 9.07 Å². The number of para-hydroxylation sites is 1. The lowest BCUT2D eigenvalue weighted by Crippen LogP contribution is -2.43. The summed E-state index contributed by atoms with van der Waals surface area (Å²) in [6.07, 6.45) is 4.86. The van der Waals surface area contributed by atoms with E-state index in [0.29, 0.717) is 13.1 Å². The topological polar surface area (TPSA) is 67.2 Å². The first-order chi connectivity index (χ1) is 15.9. The molecule has 1 atom stereocenters. The molecule has 1 N–H and O–H groups in total. The average molecular weight is 447 g/mol. The summed E-state index contributed by atoms with van der Waals surface area (Å²) in [5.74, 6) is -0.722. The maximum Gasteiger partial charge on any atom is 0.246 e. The van der Waals surface area contributed by atoms with E-state index in [1.807, 2.05) is 44.2 Å². The molecule has 0 bridgehead atoms. The van der Waals surface area contributed by atoms with Crippen LogP contribution in [0.25, 0.3) is 11.8 Å². The van der Waals surface area contributed by atoms with Gasteiger partial charge in [0, 0.05) is 36.1 Å². The summed E-state index contributed by atoms with van der Waals surface area (Å²) >= 11 is 0. The molecule has 3 aromatic rings. The summed E-state index contributed by atoms with van der Waals surface area (Å²) in [5, 5.41) is 7.48. The molecule has 1 aliphatic rings. The number of piperidine rings is 1. The lowest BCUT2D eigenvalue weighted by molar-refractivity contribution is -0.130. The Balaban J connectivity index is 1.43. The molecule has 1 aromatic heterocycles. The predicted octanol–water partition coefficient (Wildman–Crippen LogP) is 4.52. The highest BCUT2D eigenvalue weighted by Crippen LogP contribution is 2.22. The number of hydrogen-bond acceptors (Lipinski definition) is 3. The quantitative estimate of drug-likeness (QED) is 0.586. The summed E-state index contributed by atoms with van der Waals surface area (Å²) in [6, 6.07) is 15.5. The van der Waals surface area contributed by atoms with Crippen molar-refractivity contribution in [1.29, 1.82) is 0 Å². The highest BCUT2D eigenvalue weighted by Gasteiger charge is 2.27. The van der Waals surface area contributed by atoms with Crippen molar-refractivity contribution in [2.75, 3.05) is 18.4 Å². The smallest absolute Gasteiger partial charge is 0.246 e. The Morgan fingerprint density at radius 3 is 2.55 bits per heavy atom. The molecule has 1 fully saturated rings. The Bertz CT molecular complexity index is 1170. The molecule has 1 aliphatic heterocycles. The molecule has 0 spiro atoms. The van der Waals surface area contributed by atoms with Crippen LogP contribution in [0.2, 0.25) is 0 Å². The van der Waals surface area contributed by atoms with E-state index < -0.39 is 0 Å². The molecular weight excluding hydrogens is 419 g/mol. The minimum Gasteiger partial charge on any atom is -0.338 e. The van der Waals surface area contributed by atoms with Crippen molar-refractivity contribution in [3.05, 3.63) is 83.4 Å². The molecule has 0 aliphatic carbocycles. The number of aryl methyl sites for hydroxylation is 1. The third-order valence-electron chi connectivity index (χ3n) is 5.96. The van der Waals surface area contributed by atoms with Gasteiger partial charge < -0.3 is 10.2 Å². The second-order valence-electron chi connectivity index (χ2n) is 8.28. The van der Waals surface area contributed by atoms with Crippen LogP contribution in [0.5, 0.6) is 0 Å². The van der Waals surface area contributed by atoms with E-state index >= 15 is 0 Å². The lowest BCUT2D eigenvalue weighted by atomic mass is 9.97. The normalized spacial score (nSPS) is 16.2. The molecule has 4 rings (SSSR count).